The molecule has 1 fully saturated rings. The van der Waals surface area contributed by atoms with E-state index in [2.05, 4.69) is 29.0 Å². The maximum Gasteiger partial charge on any atom is 0.424 e. The van der Waals surface area contributed by atoms with Crippen LogP contribution < -0.4 is 5.32 Å². The van der Waals surface area contributed by atoms with Gasteiger partial charge in [0, 0.05) is 36.8 Å². The van der Waals surface area contributed by atoms with Crippen molar-refractivity contribution in [2.75, 3.05) is 19.6 Å². The highest BCUT2D eigenvalue weighted by Crippen LogP contribution is 2.42. The Morgan fingerprint density at radius 1 is 1.41 bits per heavy atom. The minimum Gasteiger partial charge on any atom is -0.374 e. The molecule has 1 amide bonds. The smallest absolute Gasteiger partial charge is 0.374 e. The number of likely N-dealkylation sites (tertiary alicyclic amines) is 1. The number of halogens is 3. The monoisotopic (exact) mass is 407 g/mol. The molecule has 1 aromatic rings. The molecule has 0 saturated carbocycles. The van der Waals surface area contributed by atoms with Crippen molar-refractivity contribution < 1.29 is 23.1 Å². The van der Waals surface area contributed by atoms with Gasteiger partial charge in [-0.25, -0.2) is 4.98 Å². The van der Waals surface area contributed by atoms with Crippen molar-refractivity contribution in [1.82, 2.24) is 15.2 Å². The normalized spacial score (nSPS) is 25.0. The molecule has 0 aromatic carbocycles. The van der Waals surface area contributed by atoms with E-state index in [1.165, 1.54) is 5.38 Å². The molecule has 1 aliphatic heterocycles. The molecule has 154 valence electrons. The molecule has 9 heteroatoms. The molecule has 0 bridgehead atoms. The number of hydrogen-bond donors (Lipinski definition) is 2. The maximum atomic E-state index is 13.5. The van der Waals surface area contributed by atoms with E-state index < -0.39 is 29.1 Å². The van der Waals surface area contributed by atoms with Gasteiger partial charge in [0.25, 0.3) is 0 Å². The first-order valence-corrected chi connectivity index (χ1v) is 10.0. The highest BCUT2D eigenvalue weighted by molar-refractivity contribution is 7.09. The quantitative estimate of drug-likeness (QED) is 0.761. The third-order valence-corrected chi connectivity index (χ3v) is 5.85. The van der Waals surface area contributed by atoms with Gasteiger partial charge in [0.15, 0.2) is 0 Å². The van der Waals surface area contributed by atoms with Crippen LogP contribution in [-0.4, -0.2) is 52.8 Å². The molecule has 27 heavy (non-hydrogen) atoms. The van der Waals surface area contributed by atoms with Gasteiger partial charge < -0.3 is 15.3 Å². The molecule has 1 aromatic heterocycles. The molecule has 2 rings (SSSR count). The van der Waals surface area contributed by atoms with Crippen molar-refractivity contribution in [2.24, 2.45) is 11.8 Å². The molecule has 2 N–H and O–H groups in total. The van der Waals surface area contributed by atoms with Crippen LogP contribution in [0.3, 0.4) is 0 Å². The van der Waals surface area contributed by atoms with Gasteiger partial charge in [-0.15, -0.1) is 11.3 Å². The molecular formula is C18H28F3N3O2S. The van der Waals surface area contributed by atoms with E-state index in [4.69, 9.17) is 0 Å². The summed E-state index contributed by atoms with van der Waals surface area (Å²) in [4.78, 5) is 18.2. The Morgan fingerprint density at radius 3 is 2.48 bits per heavy atom. The van der Waals surface area contributed by atoms with E-state index in [0.29, 0.717) is 35.4 Å². The van der Waals surface area contributed by atoms with Crippen molar-refractivity contribution in [1.29, 1.82) is 0 Å². The Hall–Kier alpha value is -1.19. The van der Waals surface area contributed by atoms with E-state index in [1.54, 1.807) is 13.8 Å². The lowest BCUT2D eigenvalue weighted by Gasteiger charge is -2.36. The summed E-state index contributed by atoms with van der Waals surface area (Å²) in [6.45, 7) is 10.0. The Balaban J connectivity index is 1.99. The van der Waals surface area contributed by atoms with E-state index in [-0.39, 0.29) is 6.04 Å². The predicted octanol–water partition coefficient (Wildman–Crippen LogP) is 3.07. The number of amides is 1. The van der Waals surface area contributed by atoms with Crippen LogP contribution in [-0.2, 0) is 10.4 Å². The molecule has 0 aliphatic carbocycles. The fraction of sp³-hybridized carbons (Fsp3) is 0.778. The van der Waals surface area contributed by atoms with E-state index in [0.717, 1.165) is 19.5 Å². The van der Waals surface area contributed by atoms with Crippen molar-refractivity contribution in [2.45, 2.75) is 58.4 Å². The number of carbonyl (C=O) groups is 1. The van der Waals surface area contributed by atoms with Crippen LogP contribution in [0.15, 0.2) is 5.38 Å². The SMILES string of the molecule is Cc1csc(C(O)(CC(=O)NC(C)CN2CC(C)CC(C)C2)C(F)(F)F)n1. The second-order valence-electron chi connectivity index (χ2n) is 7.96. The molecule has 1 saturated heterocycles. The summed E-state index contributed by atoms with van der Waals surface area (Å²) in [6.07, 6.45) is -4.93. The number of rotatable bonds is 6. The van der Waals surface area contributed by atoms with Gasteiger partial charge in [-0.1, -0.05) is 13.8 Å². The van der Waals surface area contributed by atoms with Crippen molar-refractivity contribution in [3.8, 4) is 0 Å². The van der Waals surface area contributed by atoms with Crippen molar-refractivity contribution >= 4 is 17.2 Å². The first kappa shape index (κ1) is 22.1. The molecule has 0 spiro atoms. The van der Waals surface area contributed by atoms with Crippen LogP contribution in [0.4, 0.5) is 13.2 Å². The van der Waals surface area contributed by atoms with Crippen LogP contribution in [0.25, 0.3) is 0 Å². The van der Waals surface area contributed by atoms with Gasteiger partial charge in [-0.05, 0) is 32.1 Å². The number of piperidine rings is 1. The minimum absolute atomic E-state index is 0.314. The lowest BCUT2D eigenvalue weighted by atomic mass is 9.91. The van der Waals surface area contributed by atoms with E-state index >= 15 is 0 Å². The zero-order valence-electron chi connectivity index (χ0n) is 16.1. The van der Waals surface area contributed by atoms with Gasteiger partial charge >= 0.3 is 6.18 Å². The van der Waals surface area contributed by atoms with Gasteiger partial charge in [0.2, 0.25) is 11.5 Å². The van der Waals surface area contributed by atoms with Crippen molar-refractivity contribution in [3.63, 3.8) is 0 Å². The number of nitrogens with one attached hydrogen (secondary N) is 1. The number of aliphatic hydroxyl groups is 1. The van der Waals surface area contributed by atoms with E-state index in [9.17, 15) is 23.1 Å². The molecule has 4 atom stereocenters. The zero-order chi connectivity index (χ0) is 20.4. The van der Waals surface area contributed by atoms with Gasteiger partial charge in [0.1, 0.15) is 5.01 Å². The number of nitrogens with zero attached hydrogens (tertiary/aromatic N) is 2. The third kappa shape index (κ3) is 5.65. The summed E-state index contributed by atoms with van der Waals surface area (Å²) in [5, 5.41) is 13.8. The Labute approximate surface area is 162 Å². The average molecular weight is 408 g/mol. The average Bonchev–Trinajstić information content (AvgIpc) is 2.91. The zero-order valence-corrected chi connectivity index (χ0v) is 17.0. The molecule has 0 radical (unpaired) electrons. The third-order valence-electron chi connectivity index (χ3n) is 4.74. The van der Waals surface area contributed by atoms with Crippen LogP contribution in [0.2, 0.25) is 0 Å². The van der Waals surface area contributed by atoms with Crippen LogP contribution in [0.5, 0.6) is 0 Å². The molecule has 4 unspecified atom stereocenters. The number of aryl methyl sites for hydroxylation is 1. The minimum atomic E-state index is -4.99. The second-order valence-corrected chi connectivity index (χ2v) is 8.82. The summed E-state index contributed by atoms with van der Waals surface area (Å²) in [7, 11) is 0. The summed E-state index contributed by atoms with van der Waals surface area (Å²) in [5.74, 6) is 0.272. The van der Waals surface area contributed by atoms with Crippen LogP contribution >= 0.6 is 11.3 Å². The number of thiazole rings is 1. The lowest BCUT2D eigenvalue weighted by Crippen LogP contribution is -2.50. The first-order valence-electron chi connectivity index (χ1n) is 9.14. The maximum absolute atomic E-state index is 13.5. The lowest BCUT2D eigenvalue weighted by molar-refractivity contribution is -0.267. The Morgan fingerprint density at radius 2 is 2.00 bits per heavy atom. The summed E-state index contributed by atoms with van der Waals surface area (Å²) in [6, 6.07) is -0.314. The highest BCUT2D eigenvalue weighted by atomic mass is 32.1. The number of alkyl halides is 3. The van der Waals surface area contributed by atoms with Crippen molar-refractivity contribution in [3.05, 3.63) is 16.1 Å². The second kappa shape index (κ2) is 8.45. The standard InChI is InChI=1S/C18H28F3N3O2S/c1-11-5-12(2)8-24(7-11)9-13(3)22-15(25)6-17(26,18(19,20)21)16-23-14(4)10-27-16/h10-13,26H,5-9H2,1-4H3,(H,22,25). The van der Waals surface area contributed by atoms with E-state index in [1.807, 2.05) is 0 Å². The molecule has 1 aliphatic rings. The molecular weight excluding hydrogens is 379 g/mol. The summed E-state index contributed by atoms with van der Waals surface area (Å²) in [5.41, 5.74) is -2.90. The summed E-state index contributed by atoms with van der Waals surface area (Å²) < 4.78 is 40.5. The van der Waals surface area contributed by atoms with Gasteiger partial charge in [0.05, 0.1) is 6.42 Å². The largest absolute Gasteiger partial charge is 0.424 e. The predicted molar refractivity (Wildman–Crippen MR) is 98.4 cm³/mol. The fourth-order valence-corrected chi connectivity index (χ4v) is 4.69. The Kier molecular flexibility index (Phi) is 6.91. The number of carbonyl (C=O) groups excluding carboxylic acids is 1. The van der Waals surface area contributed by atoms with Gasteiger partial charge in [-0.2, -0.15) is 13.2 Å². The Bertz CT molecular complexity index is 642. The molecule has 2 heterocycles. The molecule has 5 nitrogen and oxygen atoms in total. The topological polar surface area (TPSA) is 65.5 Å². The number of hydrogen-bond acceptors (Lipinski definition) is 5. The first-order chi connectivity index (χ1) is 12.4. The fourth-order valence-electron chi connectivity index (χ4n) is 3.77. The summed E-state index contributed by atoms with van der Waals surface area (Å²) >= 11 is 0.704. The number of aromatic nitrogens is 1. The van der Waals surface area contributed by atoms with Crippen LogP contribution in [0, 0.1) is 18.8 Å². The highest BCUT2D eigenvalue weighted by Gasteiger charge is 2.58. The van der Waals surface area contributed by atoms with Gasteiger partial charge in [-0.3, -0.25) is 4.79 Å². The van der Waals surface area contributed by atoms with Crippen LogP contribution in [0.1, 0.15) is 44.3 Å².